The van der Waals surface area contributed by atoms with Gasteiger partial charge in [0.1, 0.15) is 0 Å². The Hall–Kier alpha value is -2.42. The molecule has 3 N–H and O–H groups in total. The monoisotopic (exact) mass is 460 g/mol. The van der Waals surface area contributed by atoms with Crippen molar-refractivity contribution in [3.05, 3.63) is 58.1 Å². The van der Waals surface area contributed by atoms with Crippen LogP contribution in [0.15, 0.2) is 46.9 Å². The molecule has 29 heavy (non-hydrogen) atoms. The van der Waals surface area contributed by atoms with Crippen molar-refractivity contribution in [1.29, 1.82) is 0 Å². The molecule has 2 aromatic carbocycles. The highest BCUT2D eigenvalue weighted by Crippen LogP contribution is 2.41. The third-order valence-corrected chi connectivity index (χ3v) is 5.38. The first kappa shape index (κ1) is 21.3. The Balaban J connectivity index is 2.08. The van der Waals surface area contributed by atoms with Gasteiger partial charge in [-0.15, -0.1) is 0 Å². The van der Waals surface area contributed by atoms with E-state index in [1.807, 2.05) is 38.1 Å². The number of hydrogen-bond acceptors (Lipinski definition) is 4. The van der Waals surface area contributed by atoms with Gasteiger partial charge >= 0.3 is 6.03 Å². The van der Waals surface area contributed by atoms with Crippen LogP contribution in [0.25, 0.3) is 0 Å². The summed E-state index contributed by atoms with van der Waals surface area (Å²) in [6.45, 7) is 2.97. The van der Waals surface area contributed by atoms with Gasteiger partial charge in [0.25, 0.3) is 11.6 Å². The quantitative estimate of drug-likeness (QED) is 0.618. The van der Waals surface area contributed by atoms with E-state index in [2.05, 4.69) is 26.6 Å². The molecule has 3 rings (SSSR count). The fourth-order valence-corrected chi connectivity index (χ4v) is 3.64. The number of hydrogen-bond donors (Lipinski definition) is 3. The summed E-state index contributed by atoms with van der Waals surface area (Å²) in [5.74, 6) is -0.659. The van der Waals surface area contributed by atoms with Gasteiger partial charge in [0.2, 0.25) is 0 Å². The number of nitrogens with zero attached hydrogens (tertiary/aromatic N) is 2. The Morgan fingerprint density at radius 3 is 2.55 bits per heavy atom. The highest BCUT2D eigenvalue weighted by molar-refractivity contribution is 9.10. The molecule has 1 aliphatic rings. The number of aryl methyl sites for hydroxylation is 1. The van der Waals surface area contributed by atoms with E-state index in [0.29, 0.717) is 34.5 Å². The van der Waals surface area contributed by atoms with Crippen LogP contribution < -0.4 is 15.5 Å². The van der Waals surface area contributed by atoms with Gasteiger partial charge in [-0.3, -0.25) is 9.69 Å². The molecule has 0 saturated carbocycles. The summed E-state index contributed by atoms with van der Waals surface area (Å²) in [6.07, 6.45) is 0.845. The van der Waals surface area contributed by atoms with E-state index in [0.717, 1.165) is 16.9 Å². The van der Waals surface area contributed by atoms with Crippen molar-refractivity contribution in [3.63, 3.8) is 0 Å². The molecule has 0 bridgehead atoms. The molecule has 0 aromatic heterocycles. The molecule has 1 atom stereocenters. The minimum absolute atomic E-state index is 0.299. The normalized spacial score (nSPS) is 18.4. The number of anilines is 2. The zero-order chi connectivity index (χ0) is 21.2. The van der Waals surface area contributed by atoms with E-state index in [9.17, 15) is 14.7 Å². The van der Waals surface area contributed by atoms with Crippen LogP contribution in [0.5, 0.6) is 0 Å². The van der Waals surface area contributed by atoms with E-state index >= 15 is 0 Å². The predicted octanol–water partition coefficient (Wildman–Crippen LogP) is 2.89. The Morgan fingerprint density at radius 1 is 1.24 bits per heavy atom. The van der Waals surface area contributed by atoms with Gasteiger partial charge in [-0.2, -0.15) is 0 Å². The van der Waals surface area contributed by atoms with Crippen LogP contribution in [0.4, 0.5) is 16.2 Å². The van der Waals surface area contributed by atoms with Crippen LogP contribution in [0.3, 0.4) is 0 Å². The largest absolute Gasteiger partial charge is 0.359 e. The molecule has 0 saturated heterocycles. The Morgan fingerprint density at radius 2 is 1.93 bits per heavy atom. The maximum absolute atomic E-state index is 13.2. The van der Waals surface area contributed by atoms with Gasteiger partial charge in [0.15, 0.2) is 0 Å². The van der Waals surface area contributed by atoms with Crippen LogP contribution in [-0.2, 0) is 16.9 Å². The van der Waals surface area contributed by atoms with Crippen molar-refractivity contribution in [3.8, 4) is 0 Å². The van der Waals surface area contributed by atoms with Crippen LogP contribution in [0, 0.1) is 0 Å². The summed E-state index contributed by atoms with van der Waals surface area (Å²) >= 11 is 3.39. The Labute approximate surface area is 178 Å². The third-order valence-electron chi connectivity index (χ3n) is 4.89. The van der Waals surface area contributed by atoms with E-state index in [-0.39, 0.29) is 0 Å². The summed E-state index contributed by atoms with van der Waals surface area (Å²) < 4.78 is 0.688. The van der Waals surface area contributed by atoms with Crippen molar-refractivity contribution < 1.29 is 14.7 Å². The number of nitrogens with one attached hydrogen (secondary N) is 2. The number of benzene rings is 2. The maximum Gasteiger partial charge on any atom is 0.329 e. The molecular formula is C21H25BrN4O3. The second-order valence-electron chi connectivity index (χ2n) is 7.21. The molecule has 1 heterocycles. The van der Waals surface area contributed by atoms with Crippen molar-refractivity contribution in [2.75, 3.05) is 37.4 Å². The number of fused-ring (bicyclic) bond motifs is 1. The first-order valence-electron chi connectivity index (χ1n) is 9.43. The van der Waals surface area contributed by atoms with Gasteiger partial charge < -0.3 is 20.6 Å². The fourth-order valence-electron chi connectivity index (χ4n) is 3.28. The van der Waals surface area contributed by atoms with Crippen molar-refractivity contribution in [1.82, 2.24) is 10.2 Å². The average Bonchev–Trinajstić information content (AvgIpc) is 2.68. The molecule has 3 amide bonds. The second kappa shape index (κ2) is 8.52. The molecular weight excluding hydrogens is 436 g/mol. The number of aliphatic hydroxyl groups is 1. The number of urea groups is 1. The standard InChI is InChI=1S/C21H25BrN4O3/c1-4-14-5-8-16(9-6-14)26-20(28)24-18-10-7-15(22)13-17(18)21(26,29)19(27)23-11-12-25(2)3/h5-10,13,29H,4,11-12H2,1-3H3,(H,23,27)(H,24,28)/t21-/m0/s1. The van der Waals surface area contributed by atoms with Gasteiger partial charge in [-0.25, -0.2) is 4.79 Å². The fraction of sp³-hybridized carbons (Fsp3) is 0.333. The third kappa shape index (κ3) is 4.14. The SMILES string of the molecule is CCc1ccc(N2C(=O)Nc3ccc(Br)cc3[C@]2(O)C(=O)NCCN(C)C)cc1. The zero-order valence-corrected chi connectivity index (χ0v) is 18.3. The predicted molar refractivity (Wildman–Crippen MR) is 117 cm³/mol. The highest BCUT2D eigenvalue weighted by Gasteiger charge is 2.52. The maximum atomic E-state index is 13.2. The van der Waals surface area contributed by atoms with Gasteiger partial charge in [-0.1, -0.05) is 35.0 Å². The lowest BCUT2D eigenvalue weighted by Crippen LogP contribution is -2.63. The smallest absolute Gasteiger partial charge is 0.329 e. The highest BCUT2D eigenvalue weighted by atomic mass is 79.9. The molecule has 154 valence electrons. The number of carbonyl (C=O) groups excluding carboxylic acids is 2. The molecule has 0 unspecified atom stereocenters. The average molecular weight is 461 g/mol. The van der Waals surface area contributed by atoms with Gasteiger partial charge in [-0.05, 0) is 56.4 Å². The lowest BCUT2D eigenvalue weighted by atomic mass is 9.94. The summed E-state index contributed by atoms with van der Waals surface area (Å²) in [7, 11) is 3.78. The summed E-state index contributed by atoms with van der Waals surface area (Å²) in [6, 6.07) is 11.7. The van der Waals surface area contributed by atoms with Gasteiger partial charge in [0, 0.05) is 28.8 Å². The lowest BCUT2D eigenvalue weighted by Gasteiger charge is -2.42. The molecule has 1 aliphatic heterocycles. The number of rotatable bonds is 6. The van der Waals surface area contributed by atoms with Crippen LogP contribution in [0.1, 0.15) is 18.1 Å². The molecule has 0 aliphatic carbocycles. The Bertz CT molecular complexity index is 917. The van der Waals surface area contributed by atoms with E-state index in [4.69, 9.17) is 0 Å². The van der Waals surface area contributed by atoms with Crippen LogP contribution in [0.2, 0.25) is 0 Å². The second-order valence-corrected chi connectivity index (χ2v) is 8.12. The number of amides is 3. The molecule has 7 nitrogen and oxygen atoms in total. The number of carbonyl (C=O) groups is 2. The Kier molecular flexibility index (Phi) is 6.26. The molecule has 2 aromatic rings. The van der Waals surface area contributed by atoms with Crippen molar-refractivity contribution in [2.45, 2.75) is 19.1 Å². The van der Waals surface area contributed by atoms with E-state index < -0.39 is 17.7 Å². The zero-order valence-electron chi connectivity index (χ0n) is 16.7. The van der Waals surface area contributed by atoms with Crippen LogP contribution >= 0.6 is 15.9 Å². The first-order valence-corrected chi connectivity index (χ1v) is 10.2. The lowest BCUT2D eigenvalue weighted by molar-refractivity contribution is -0.140. The number of halogens is 1. The van der Waals surface area contributed by atoms with Crippen molar-refractivity contribution in [2.24, 2.45) is 0 Å². The van der Waals surface area contributed by atoms with Gasteiger partial charge in [0.05, 0.1) is 5.69 Å². The molecule has 0 fully saturated rings. The molecule has 8 heteroatoms. The summed E-state index contributed by atoms with van der Waals surface area (Å²) in [5, 5.41) is 17.2. The molecule has 0 spiro atoms. The summed E-state index contributed by atoms with van der Waals surface area (Å²) in [5.41, 5.74) is 0.0174. The van der Waals surface area contributed by atoms with E-state index in [1.165, 1.54) is 0 Å². The minimum atomic E-state index is -2.19. The topological polar surface area (TPSA) is 84.9 Å². The van der Waals surface area contributed by atoms with E-state index in [1.54, 1.807) is 30.3 Å². The first-order chi connectivity index (χ1) is 13.8. The number of likely N-dealkylation sites (N-methyl/N-ethyl adjacent to an activating group) is 1. The molecule has 0 radical (unpaired) electrons. The van der Waals surface area contributed by atoms with Crippen molar-refractivity contribution >= 4 is 39.2 Å². The van der Waals surface area contributed by atoms with Crippen LogP contribution in [-0.4, -0.2) is 49.1 Å². The summed E-state index contributed by atoms with van der Waals surface area (Å²) in [4.78, 5) is 29.2. The minimum Gasteiger partial charge on any atom is -0.359 e.